The SMILES string of the molecule is [2H]C([2H])([2H])c1ccnc(-c2ccccc2N2c3cccc4c3B3c5c2cccc5[Si](C)(c2ccccc2)c2cccc(c23)N4c2ccccc2-c2cc(C([2H])([2H])[2H])ccn2)c1. The number of benzene rings is 6. The molecule has 6 aromatic carbocycles. The van der Waals surface area contributed by atoms with Gasteiger partial charge in [0.15, 0.2) is 0 Å². The topological polar surface area (TPSA) is 32.3 Å². The van der Waals surface area contributed by atoms with Crippen LogP contribution in [-0.4, -0.2) is 24.8 Å². The van der Waals surface area contributed by atoms with E-state index in [0.29, 0.717) is 11.4 Å². The predicted octanol–water partition coefficient (Wildman–Crippen LogP) is 7.92. The van der Waals surface area contributed by atoms with Gasteiger partial charge in [0.05, 0.1) is 22.8 Å². The first kappa shape index (κ1) is 26.3. The highest BCUT2D eigenvalue weighted by Crippen LogP contribution is 2.47. The molecule has 8 aromatic rings. The monoisotopic (exact) mass is 726 g/mol. The van der Waals surface area contributed by atoms with E-state index in [1.165, 1.54) is 26.5 Å². The third-order valence-corrected chi connectivity index (χ3v) is 16.4. The van der Waals surface area contributed by atoms with Gasteiger partial charge in [0.1, 0.15) is 8.07 Å². The van der Waals surface area contributed by atoms with Crippen molar-refractivity contribution >= 4 is 80.9 Å². The minimum Gasteiger partial charge on any atom is -0.311 e. The number of hydrogen-bond acceptors (Lipinski definition) is 4. The van der Waals surface area contributed by atoms with Gasteiger partial charge in [-0.25, -0.2) is 0 Å². The van der Waals surface area contributed by atoms with Gasteiger partial charge in [-0.1, -0.05) is 114 Å². The quantitative estimate of drug-likeness (QED) is 0.169. The average Bonchev–Trinajstić information content (AvgIpc) is 3.28. The molecule has 0 amide bonds. The minimum absolute atomic E-state index is 0.0891. The van der Waals surface area contributed by atoms with Crippen LogP contribution in [0.4, 0.5) is 34.1 Å². The Morgan fingerprint density at radius 1 is 0.473 bits per heavy atom. The standard InChI is InChI=1S/C49H37BN4Si/c1-32-26-28-51-37(30-32)35-16-7-9-18-39(35)53-41-20-11-21-42-47(41)50-48-43(53)22-12-24-45(48)55(3,34-14-5-4-6-15-34)46-25-13-23-44(49(46)50)54(42)40-19-10-8-17-36(40)38-31-33(2)27-29-52-38/h4-31H,1-3H3/i1D3,2D3. The van der Waals surface area contributed by atoms with Crippen molar-refractivity contribution in [1.82, 2.24) is 9.97 Å². The van der Waals surface area contributed by atoms with Gasteiger partial charge in [-0.15, -0.1) is 0 Å². The van der Waals surface area contributed by atoms with Gasteiger partial charge < -0.3 is 9.80 Å². The van der Waals surface area contributed by atoms with Crippen LogP contribution in [0.3, 0.4) is 0 Å². The summed E-state index contributed by atoms with van der Waals surface area (Å²) in [5.74, 6) is 0. The van der Waals surface area contributed by atoms with E-state index in [1.54, 1.807) is 36.7 Å². The van der Waals surface area contributed by atoms with Gasteiger partial charge >= 0.3 is 0 Å². The molecule has 0 radical (unpaired) electrons. The molecule has 11 rings (SSSR count). The molecule has 2 aromatic heterocycles. The zero-order valence-electron chi connectivity index (χ0n) is 36.0. The van der Waals surface area contributed by atoms with E-state index < -0.39 is 21.8 Å². The number of anilines is 6. The molecule has 6 heteroatoms. The predicted molar refractivity (Wildman–Crippen MR) is 233 cm³/mol. The van der Waals surface area contributed by atoms with Gasteiger partial charge in [-0.05, 0) is 107 Å². The molecule has 3 aliphatic heterocycles. The van der Waals surface area contributed by atoms with E-state index in [-0.39, 0.29) is 17.8 Å². The molecule has 0 saturated carbocycles. The number of aromatic nitrogens is 2. The molecule has 0 saturated heterocycles. The Bertz CT molecular complexity index is 2900. The van der Waals surface area contributed by atoms with Crippen LogP contribution in [0, 0.1) is 13.7 Å². The minimum atomic E-state index is -2.71. The third-order valence-electron chi connectivity index (χ3n) is 11.8. The molecule has 55 heavy (non-hydrogen) atoms. The van der Waals surface area contributed by atoms with Crippen LogP contribution in [0.1, 0.15) is 19.4 Å². The van der Waals surface area contributed by atoms with Gasteiger partial charge in [0, 0.05) is 54.5 Å². The normalized spacial score (nSPS) is 16.2. The first-order chi connectivity index (χ1) is 29.4. The van der Waals surface area contributed by atoms with E-state index in [2.05, 4.69) is 113 Å². The second-order valence-corrected chi connectivity index (χ2v) is 18.6. The fourth-order valence-electron chi connectivity index (χ4n) is 9.57. The van der Waals surface area contributed by atoms with Crippen LogP contribution in [0.5, 0.6) is 0 Å². The average molecular weight is 727 g/mol. The highest BCUT2D eigenvalue weighted by atomic mass is 28.3. The van der Waals surface area contributed by atoms with Crippen molar-refractivity contribution < 1.29 is 8.22 Å². The van der Waals surface area contributed by atoms with Crippen LogP contribution < -0.4 is 41.7 Å². The van der Waals surface area contributed by atoms with Crippen molar-refractivity contribution in [2.45, 2.75) is 20.3 Å². The lowest BCUT2D eigenvalue weighted by molar-refractivity contribution is 1.23. The molecule has 0 bridgehead atoms. The number of para-hydroxylation sites is 2. The highest BCUT2D eigenvalue weighted by Gasteiger charge is 2.53. The van der Waals surface area contributed by atoms with Crippen molar-refractivity contribution in [2.24, 2.45) is 0 Å². The maximum atomic E-state index is 8.21. The number of aryl methyl sites for hydroxylation is 2. The van der Waals surface area contributed by atoms with E-state index in [4.69, 9.17) is 18.2 Å². The lowest BCUT2D eigenvalue weighted by Gasteiger charge is -2.50. The summed E-state index contributed by atoms with van der Waals surface area (Å²) < 4.78 is 49.2. The van der Waals surface area contributed by atoms with Crippen LogP contribution in [-0.2, 0) is 0 Å². The molecule has 0 spiro atoms. The van der Waals surface area contributed by atoms with Crippen LogP contribution in [0.15, 0.2) is 170 Å². The second-order valence-electron chi connectivity index (χ2n) is 14.7. The van der Waals surface area contributed by atoms with Crippen LogP contribution in [0.2, 0.25) is 6.55 Å². The molecule has 4 nitrogen and oxygen atoms in total. The number of nitrogens with zero attached hydrogens (tertiary/aromatic N) is 4. The number of hydrogen-bond donors (Lipinski definition) is 0. The van der Waals surface area contributed by atoms with Crippen molar-refractivity contribution in [3.8, 4) is 22.5 Å². The molecule has 0 fully saturated rings. The fraction of sp³-hybridized carbons (Fsp3) is 0.0612. The molecule has 0 N–H and O–H groups in total. The summed E-state index contributed by atoms with van der Waals surface area (Å²) in [6, 6.07) is 53.8. The lowest BCUT2D eigenvalue weighted by atomic mass is 9.33. The first-order valence-corrected chi connectivity index (χ1v) is 21.1. The molecule has 3 aliphatic rings. The van der Waals surface area contributed by atoms with E-state index in [1.807, 2.05) is 36.4 Å². The van der Waals surface area contributed by atoms with E-state index >= 15 is 0 Å². The molecule has 0 unspecified atom stereocenters. The molecular weight excluding hydrogens is 683 g/mol. The smallest absolute Gasteiger partial charge is 0.251 e. The second kappa shape index (κ2) is 12.0. The van der Waals surface area contributed by atoms with Gasteiger partial charge in [-0.2, -0.15) is 0 Å². The molecule has 0 atom stereocenters. The summed E-state index contributed by atoms with van der Waals surface area (Å²) >= 11 is 0. The van der Waals surface area contributed by atoms with Crippen LogP contribution in [0.25, 0.3) is 22.5 Å². The van der Waals surface area contributed by atoms with Gasteiger partial charge in [0.25, 0.3) is 6.71 Å². The first-order valence-electron chi connectivity index (χ1n) is 21.6. The number of pyridine rings is 2. The van der Waals surface area contributed by atoms with Crippen molar-refractivity contribution in [1.29, 1.82) is 0 Å². The largest absolute Gasteiger partial charge is 0.311 e. The Balaban J connectivity index is 1.24. The summed E-state index contributed by atoms with van der Waals surface area (Å²) in [5, 5.41) is 4.03. The Kier molecular flexibility index (Phi) is 5.74. The van der Waals surface area contributed by atoms with Crippen molar-refractivity contribution in [2.75, 3.05) is 9.80 Å². The summed E-state index contributed by atoms with van der Waals surface area (Å²) in [7, 11) is -2.71. The van der Waals surface area contributed by atoms with E-state index in [9.17, 15) is 0 Å². The van der Waals surface area contributed by atoms with Gasteiger partial charge in [-0.3, -0.25) is 9.97 Å². The zero-order valence-corrected chi connectivity index (χ0v) is 31.0. The van der Waals surface area contributed by atoms with Crippen molar-refractivity contribution in [3.63, 3.8) is 0 Å². The Hall–Kier alpha value is -6.50. The Morgan fingerprint density at radius 2 is 0.909 bits per heavy atom. The maximum Gasteiger partial charge on any atom is 0.251 e. The molecule has 260 valence electrons. The maximum absolute atomic E-state index is 8.21. The Morgan fingerprint density at radius 3 is 1.42 bits per heavy atom. The van der Waals surface area contributed by atoms with Crippen LogP contribution >= 0.6 is 0 Å². The summed E-state index contributed by atoms with van der Waals surface area (Å²) in [6.07, 6.45) is 3.17. The van der Waals surface area contributed by atoms with E-state index in [0.717, 1.165) is 50.7 Å². The summed E-state index contributed by atoms with van der Waals surface area (Å²) in [4.78, 5) is 14.2. The molecule has 0 aliphatic carbocycles. The molecular formula is C49H37BN4Si. The van der Waals surface area contributed by atoms with Gasteiger partial charge in [0.2, 0.25) is 0 Å². The fourth-order valence-corrected chi connectivity index (χ4v) is 13.8. The number of rotatable bonds is 5. The van der Waals surface area contributed by atoms with Crippen molar-refractivity contribution in [3.05, 3.63) is 181 Å². The molecule has 5 heterocycles. The third kappa shape index (κ3) is 4.52. The highest BCUT2D eigenvalue weighted by molar-refractivity contribution is 7.21. The summed E-state index contributed by atoms with van der Waals surface area (Å²) in [5.41, 5.74) is 13.0. The Labute approximate surface area is 332 Å². The summed E-state index contributed by atoms with van der Waals surface area (Å²) in [6.45, 7) is -2.19. The lowest BCUT2D eigenvalue weighted by Crippen LogP contribution is -2.83. The zero-order chi connectivity index (χ0) is 41.8.